The maximum atomic E-state index is 12.9. The zero-order valence-corrected chi connectivity index (χ0v) is 22.2. The van der Waals surface area contributed by atoms with Crippen LogP contribution in [0.15, 0.2) is 126 Å². The minimum absolute atomic E-state index is 0.506. The quantitative estimate of drug-likeness (QED) is 0.234. The van der Waals surface area contributed by atoms with E-state index in [4.69, 9.17) is 15.0 Å². The summed E-state index contributed by atoms with van der Waals surface area (Å²) < 4.78 is 15.0. The van der Waals surface area contributed by atoms with Crippen LogP contribution in [0.3, 0.4) is 0 Å². The maximum Gasteiger partial charge on any atom is 0.238 e. The Labute approximate surface area is 233 Å². The fraction of sp³-hybridized carbons (Fsp3) is 0.0294. The molecule has 1 aliphatic rings. The highest BCUT2D eigenvalue weighted by Gasteiger charge is 2.23. The van der Waals surface area contributed by atoms with Crippen molar-refractivity contribution in [1.82, 2.24) is 19.5 Å². The number of aromatic nitrogens is 4. The zero-order valence-electron chi connectivity index (χ0n) is 21.4. The van der Waals surface area contributed by atoms with Crippen molar-refractivity contribution in [2.24, 2.45) is 0 Å². The number of nitrogens with zero attached hydrogens (tertiary/aromatic N) is 4. The third-order valence-corrected chi connectivity index (χ3v) is 8.93. The van der Waals surface area contributed by atoms with Crippen LogP contribution >= 0.6 is 0 Å². The molecule has 6 heteroatoms. The van der Waals surface area contributed by atoms with Gasteiger partial charge in [0.15, 0.2) is 11.6 Å². The van der Waals surface area contributed by atoms with Gasteiger partial charge in [-0.05, 0) is 41.0 Å². The number of fused-ring (bicyclic) bond motifs is 6. The lowest BCUT2D eigenvalue weighted by Crippen LogP contribution is -2.08. The summed E-state index contributed by atoms with van der Waals surface area (Å²) >= 11 is 0. The van der Waals surface area contributed by atoms with Gasteiger partial charge < -0.3 is 0 Å². The normalized spacial score (nSPS) is 14.2. The van der Waals surface area contributed by atoms with Crippen molar-refractivity contribution in [1.29, 1.82) is 0 Å². The average Bonchev–Trinajstić information content (AvgIpc) is 3.36. The molecule has 7 aromatic rings. The lowest BCUT2D eigenvalue weighted by molar-refractivity contribution is 0.682. The Morgan fingerprint density at radius 2 is 1.20 bits per heavy atom. The van der Waals surface area contributed by atoms with Gasteiger partial charge in [-0.15, -0.1) is 0 Å². The van der Waals surface area contributed by atoms with Crippen molar-refractivity contribution in [3.63, 3.8) is 0 Å². The van der Waals surface area contributed by atoms with Crippen molar-refractivity contribution in [2.75, 3.05) is 0 Å². The molecule has 0 aliphatic carbocycles. The second-order valence-electron chi connectivity index (χ2n) is 9.88. The Balaban J connectivity index is 1.39. The smallest absolute Gasteiger partial charge is 0.238 e. The summed E-state index contributed by atoms with van der Waals surface area (Å²) in [4.78, 5) is 15.9. The second kappa shape index (κ2) is 9.07. The minimum Gasteiger partial charge on any atom is -0.278 e. The van der Waals surface area contributed by atoms with Crippen LogP contribution < -0.4 is 0 Å². The van der Waals surface area contributed by atoms with Gasteiger partial charge in [0.2, 0.25) is 5.95 Å². The van der Waals surface area contributed by atoms with Gasteiger partial charge >= 0.3 is 0 Å². The highest BCUT2D eigenvalue weighted by Crippen LogP contribution is 2.38. The summed E-state index contributed by atoms with van der Waals surface area (Å²) in [7, 11) is -1.05. The minimum atomic E-state index is -1.05. The van der Waals surface area contributed by atoms with Crippen LogP contribution in [0, 0.1) is 0 Å². The first-order valence-corrected chi connectivity index (χ1v) is 14.5. The molecule has 40 heavy (non-hydrogen) atoms. The van der Waals surface area contributed by atoms with Crippen LogP contribution in [0.25, 0.3) is 61.7 Å². The van der Waals surface area contributed by atoms with Crippen molar-refractivity contribution in [3.05, 3.63) is 127 Å². The number of rotatable bonds is 3. The molecule has 5 nitrogen and oxygen atoms in total. The molecule has 0 spiro atoms. The summed E-state index contributed by atoms with van der Waals surface area (Å²) in [5, 5.41) is 2.31. The van der Waals surface area contributed by atoms with Crippen molar-refractivity contribution >= 4 is 32.6 Å². The molecule has 0 amide bonds. The van der Waals surface area contributed by atoms with Gasteiger partial charge in [0.05, 0.1) is 27.6 Å². The molecule has 0 N–H and O–H groups in total. The van der Waals surface area contributed by atoms with Crippen molar-refractivity contribution in [2.45, 2.75) is 10.6 Å². The van der Waals surface area contributed by atoms with Crippen molar-refractivity contribution < 1.29 is 4.21 Å². The van der Waals surface area contributed by atoms with Crippen LogP contribution in [-0.2, 0) is 16.6 Å². The summed E-state index contributed by atoms with van der Waals surface area (Å²) in [6.07, 6.45) is 0. The Kier molecular flexibility index (Phi) is 5.21. The maximum absolute atomic E-state index is 12.9. The Morgan fingerprint density at radius 1 is 0.575 bits per heavy atom. The van der Waals surface area contributed by atoms with E-state index in [1.807, 2.05) is 72.8 Å². The molecule has 190 valence electrons. The number of hydrogen-bond donors (Lipinski definition) is 0. The highest BCUT2D eigenvalue weighted by atomic mass is 32.2. The molecule has 1 unspecified atom stereocenters. The first-order valence-electron chi connectivity index (χ1n) is 13.2. The van der Waals surface area contributed by atoms with Gasteiger partial charge in [-0.1, -0.05) is 97.1 Å². The molecule has 3 heterocycles. The van der Waals surface area contributed by atoms with Gasteiger partial charge in [0.1, 0.15) is 0 Å². The largest absolute Gasteiger partial charge is 0.278 e. The predicted molar refractivity (Wildman–Crippen MR) is 161 cm³/mol. The monoisotopic (exact) mass is 534 g/mol. The van der Waals surface area contributed by atoms with Gasteiger partial charge in [-0.3, -0.25) is 8.78 Å². The summed E-state index contributed by atoms with van der Waals surface area (Å²) in [5.41, 5.74) is 7.05. The third-order valence-electron chi connectivity index (χ3n) is 7.51. The van der Waals surface area contributed by atoms with Gasteiger partial charge in [0.25, 0.3) is 0 Å². The fourth-order valence-corrected chi connectivity index (χ4v) is 6.99. The third kappa shape index (κ3) is 3.61. The zero-order chi connectivity index (χ0) is 26.6. The van der Waals surface area contributed by atoms with Gasteiger partial charge in [0, 0.05) is 26.8 Å². The summed E-state index contributed by atoms with van der Waals surface area (Å²) in [6, 6.07) is 40.9. The first kappa shape index (κ1) is 23.0. The summed E-state index contributed by atoms with van der Waals surface area (Å²) in [5.74, 6) is 2.28. The molecule has 0 bridgehead atoms. The Morgan fingerprint density at radius 3 is 1.95 bits per heavy atom. The molecule has 2 aromatic heterocycles. The van der Waals surface area contributed by atoms with E-state index in [0.717, 1.165) is 54.5 Å². The SMILES string of the molecule is O=S1Cc2ccc(-c3nc(-c4ccccc4)nc(-n4c5ccccc5c5ccccc54)n3)cc2-c2ccccc21. The van der Waals surface area contributed by atoms with E-state index >= 15 is 0 Å². The molecule has 0 radical (unpaired) electrons. The van der Waals surface area contributed by atoms with E-state index < -0.39 is 10.8 Å². The van der Waals surface area contributed by atoms with E-state index in [1.165, 1.54) is 0 Å². The highest BCUT2D eigenvalue weighted by molar-refractivity contribution is 7.84. The standard InChI is InChI=1S/C34H22N4OS/c39-40-21-24-19-18-23(20-28(24)27-14-6-9-17-31(27)40)33-35-32(22-10-2-1-3-11-22)36-34(37-33)38-29-15-7-4-12-25(29)26-13-5-8-16-30(26)38/h1-20H,21H2. The topological polar surface area (TPSA) is 60.7 Å². The Hall–Kier alpha value is -4.94. The van der Waals surface area contributed by atoms with E-state index in [1.54, 1.807) is 0 Å². The van der Waals surface area contributed by atoms with Crippen LogP contribution in [-0.4, -0.2) is 23.7 Å². The molecular weight excluding hydrogens is 512 g/mol. The van der Waals surface area contributed by atoms with E-state index in [-0.39, 0.29) is 0 Å². The van der Waals surface area contributed by atoms with E-state index in [2.05, 4.69) is 53.1 Å². The average molecular weight is 535 g/mol. The van der Waals surface area contributed by atoms with Crippen LogP contribution in [0.1, 0.15) is 5.56 Å². The first-order chi connectivity index (χ1) is 19.7. The van der Waals surface area contributed by atoms with E-state index in [0.29, 0.717) is 23.4 Å². The lowest BCUT2D eigenvalue weighted by atomic mass is 9.97. The molecule has 8 rings (SSSR count). The van der Waals surface area contributed by atoms with Crippen molar-refractivity contribution in [3.8, 4) is 39.9 Å². The fourth-order valence-electron chi connectivity index (χ4n) is 5.65. The summed E-state index contributed by atoms with van der Waals surface area (Å²) in [6.45, 7) is 0. The number of para-hydroxylation sites is 2. The van der Waals surface area contributed by atoms with Crippen LogP contribution in [0.5, 0.6) is 0 Å². The molecule has 0 fully saturated rings. The number of hydrogen-bond acceptors (Lipinski definition) is 4. The molecule has 1 atom stereocenters. The second-order valence-corrected chi connectivity index (χ2v) is 11.3. The van der Waals surface area contributed by atoms with Crippen LogP contribution in [0.4, 0.5) is 0 Å². The lowest BCUT2D eigenvalue weighted by Gasteiger charge is -2.20. The van der Waals surface area contributed by atoms with E-state index in [9.17, 15) is 4.21 Å². The molecule has 1 aliphatic heterocycles. The Bertz CT molecular complexity index is 2060. The predicted octanol–water partition coefficient (Wildman–Crippen LogP) is 7.59. The molecular formula is C34H22N4OS. The molecule has 5 aromatic carbocycles. The van der Waals surface area contributed by atoms with Gasteiger partial charge in [-0.2, -0.15) is 9.97 Å². The van der Waals surface area contributed by atoms with Crippen LogP contribution in [0.2, 0.25) is 0 Å². The number of benzene rings is 5. The van der Waals surface area contributed by atoms with Gasteiger partial charge in [-0.25, -0.2) is 4.98 Å². The molecule has 0 saturated carbocycles. The molecule has 0 saturated heterocycles.